The van der Waals surface area contributed by atoms with Crippen molar-refractivity contribution < 1.29 is 80.2 Å². The number of aliphatic hydroxyl groups excluding tert-OH is 1. The first-order valence-corrected chi connectivity index (χ1v) is 41.7. The zero-order chi connectivity index (χ0) is 68.4. The molecule has 0 aromatic heterocycles. The predicted octanol–water partition coefficient (Wildman–Crippen LogP) is 21.7. The standard InChI is InChI=1S/C74H144O17P2/c1-6-10-13-16-19-21-23-25-26-27-28-29-30-31-32-34-40-45-50-55-60-74(79)91-70(64-85-72(77)58-53-48-43-38-36-35-37-42-46-51-56-67(5)9-4)66-89-93(82,83)87-62-68(75)61-86-92(80,81)88-65-69(63-84-71(76)57-52-47-41-18-15-12-8-3)90-73(78)59-54-49-44-39-33-24-22-20-17-14-11-7-2/h67-70,75H,6-66H2,1-5H3,(H,80,81)(H,82,83)/t67?,68-,69+,70+/m0/s1. The SMILES string of the molecule is CCCCCCCCCCCCCCCCCCCCCCC(=O)O[C@H](COC(=O)CCCCCCCCCCCCC(C)CC)COP(=O)(O)OC[C@@H](O)COP(=O)(O)OC[C@@H](COC(=O)CCCCCCCCC)OC(=O)CCCCCCCCCCCCCC. The van der Waals surface area contributed by atoms with E-state index >= 15 is 0 Å². The second kappa shape index (κ2) is 67.3. The normalized spacial score (nSPS) is 14.3. The Kier molecular flexibility index (Phi) is 65.9. The average Bonchev–Trinajstić information content (AvgIpc) is 3.75. The number of hydrogen-bond acceptors (Lipinski definition) is 15. The number of esters is 4. The molecule has 19 heteroatoms. The van der Waals surface area contributed by atoms with E-state index in [1.807, 2.05) is 0 Å². The van der Waals surface area contributed by atoms with Gasteiger partial charge in [0.1, 0.15) is 19.3 Å². The van der Waals surface area contributed by atoms with Crippen molar-refractivity contribution >= 4 is 39.5 Å². The number of phosphoric acid groups is 2. The van der Waals surface area contributed by atoms with Crippen LogP contribution >= 0.6 is 15.6 Å². The van der Waals surface area contributed by atoms with Crippen LogP contribution in [0.1, 0.15) is 388 Å². The monoisotopic (exact) mass is 1370 g/mol. The summed E-state index contributed by atoms with van der Waals surface area (Å²) < 4.78 is 68.3. The number of carbonyl (C=O) groups excluding carboxylic acids is 4. The molecule has 0 spiro atoms. The molecule has 0 aromatic carbocycles. The zero-order valence-electron chi connectivity index (χ0n) is 60.4. The Morgan fingerprint density at radius 1 is 0.301 bits per heavy atom. The molecule has 17 nitrogen and oxygen atoms in total. The van der Waals surface area contributed by atoms with Gasteiger partial charge in [0.05, 0.1) is 26.4 Å². The fraction of sp³-hybridized carbons (Fsp3) is 0.946. The van der Waals surface area contributed by atoms with Crippen LogP contribution in [-0.4, -0.2) is 96.7 Å². The minimum atomic E-state index is -4.95. The van der Waals surface area contributed by atoms with Crippen LogP contribution < -0.4 is 0 Å². The van der Waals surface area contributed by atoms with E-state index in [1.165, 1.54) is 199 Å². The third kappa shape index (κ3) is 67.0. The van der Waals surface area contributed by atoms with E-state index < -0.39 is 97.5 Å². The van der Waals surface area contributed by atoms with Crippen LogP contribution in [0.4, 0.5) is 0 Å². The van der Waals surface area contributed by atoms with Crippen LogP contribution in [0, 0.1) is 5.92 Å². The van der Waals surface area contributed by atoms with Gasteiger partial charge in [0, 0.05) is 25.7 Å². The van der Waals surface area contributed by atoms with Crippen LogP contribution in [0.5, 0.6) is 0 Å². The Balaban J connectivity index is 5.18. The Morgan fingerprint density at radius 2 is 0.516 bits per heavy atom. The summed E-state index contributed by atoms with van der Waals surface area (Å²) in [6.45, 7) is 7.26. The number of unbranched alkanes of at least 4 members (excludes halogenated alkanes) is 45. The fourth-order valence-corrected chi connectivity index (χ4v) is 12.9. The molecule has 0 fully saturated rings. The van der Waals surface area contributed by atoms with Crippen LogP contribution in [0.15, 0.2) is 0 Å². The van der Waals surface area contributed by atoms with Crippen molar-refractivity contribution in [2.24, 2.45) is 5.92 Å². The summed E-state index contributed by atoms with van der Waals surface area (Å²) in [6, 6.07) is 0. The van der Waals surface area contributed by atoms with E-state index in [4.69, 9.17) is 37.0 Å². The van der Waals surface area contributed by atoms with E-state index in [9.17, 15) is 43.2 Å². The average molecular weight is 1370 g/mol. The molecule has 6 atom stereocenters. The topological polar surface area (TPSA) is 237 Å². The van der Waals surface area contributed by atoms with E-state index in [-0.39, 0.29) is 25.7 Å². The number of rotatable bonds is 74. The van der Waals surface area contributed by atoms with Crippen molar-refractivity contribution in [2.45, 2.75) is 406 Å². The molecule has 552 valence electrons. The van der Waals surface area contributed by atoms with Crippen molar-refractivity contribution in [3.8, 4) is 0 Å². The minimum Gasteiger partial charge on any atom is -0.462 e. The van der Waals surface area contributed by atoms with Gasteiger partial charge in [-0.15, -0.1) is 0 Å². The van der Waals surface area contributed by atoms with Crippen molar-refractivity contribution in [1.82, 2.24) is 0 Å². The molecule has 0 heterocycles. The second-order valence-electron chi connectivity index (χ2n) is 26.9. The number of phosphoric ester groups is 2. The summed E-state index contributed by atoms with van der Waals surface area (Å²) in [4.78, 5) is 72.6. The van der Waals surface area contributed by atoms with Gasteiger partial charge in [0.15, 0.2) is 12.2 Å². The number of hydrogen-bond donors (Lipinski definition) is 3. The van der Waals surface area contributed by atoms with E-state index in [2.05, 4.69) is 34.6 Å². The largest absolute Gasteiger partial charge is 0.472 e. The van der Waals surface area contributed by atoms with E-state index in [1.54, 1.807) is 0 Å². The lowest BCUT2D eigenvalue weighted by molar-refractivity contribution is -0.161. The Hall–Kier alpha value is -1.94. The molecular weight excluding hydrogens is 1220 g/mol. The minimum absolute atomic E-state index is 0.107. The van der Waals surface area contributed by atoms with Gasteiger partial charge in [-0.05, 0) is 31.6 Å². The zero-order valence-corrected chi connectivity index (χ0v) is 62.2. The fourth-order valence-electron chi connectivity index (χ4n) is 11.3. The molecule has 0 aliphatic carbocycles. The third-order valence-electron chi connectivity index (χ3n) is 17.6. The number of ether oxygens (including phenoxy) is 4. The maximum Gasteiger partial charge on any atom is 0.472 e. The summed E-state index contributed by atoms with van der Waals surface area (Å²) in [5.74, 6) is -1.31. The second-order valence-corrected chi connectivity index (χ2v) is 29.8. The molecule has 0 aliphatic heterocycles. The van der Waals surface area contributed by atoms with Gasteiger partial charge >= 0.3 is 39.5 Å². The van der Waals surface area contributed by atoms with Gasteiger partial charge < -0.3 is 33.8 Å². The molecule has 0 aromatic rings. The molecule has 93 heavy (non-hydrogen) atoms. The summed E-state index contributed by atoms with van der Waals surface area (Å²) in [5, 5.41) is 10.6. The number of carbonyl (C=O) groups is 4. The Morgan fingerprint density at radius 3 is 0.763 bits per heavy atom. The summed E-state index contributed by atoms with van der Waals surface area (Å²) in [7, 11) is -9.90. The maximum atomic E-state index is 13.1. The first kappa shape index (κ1) is 91.1. The van der Waals surface area contributed by atoms with Gasteiger partial charge in [-0.2, -0.15) is 0 Å². The lowest BCUT2D eigenvalue weighted by atomic mass is 9.99. The van der Waals surface area contributed by atoms with Gasteiger partial charge in [0.2, 0.25) is 0 Å². The molecule has 0 rings (SSSR count). The van der Waals surface area contributed by atoms with Gasteiger partial charge in [-0.3, -0.25) is 37.3 Å². The molecule has 0 aliphatic rings. The van der Waals surface area contributed by atoms with Gasteiger partial charge in [-0.1, -0.05) is 336 Å². The van der Waals surface area contributed by atoms with E-state index in [0.29, 0.717) is 25.7 Å². The third-order valence-corrected chi connectivity index (χ3v) is 19.5. The first-order chi connectivity index (χ1) is 45.1. The highest BCUT2D eigenvalue weighted by Gasteiger charge is 2.30. The van der Waals surface area contributed by atoms with Crippen molar-refractivity contribution in [1.29, 1.82) is 0 Å². The molecule has 0 radical (unpaired) electrons. The molecule has 0 saturated carbocycles. The Bertz CT molecular complexity index is 1790. The first-order valence-electron chi connectivity index (χ1n) is 38.7. The molecule has 3 unspecified atom stereocenters. The maximum absolute atomic E-state index is 13.1. The van der Waals surface area contributed by atoms with Crippen LogP contribution in [0.3, 0.4) is 0 Å². The number of aliphatic hydroxyl groups is 1. The summed E-state index contributed by atoms with van der Waals surface area (Å²) in [6.07, 6.45) is 55.6. The summed E-state index contributed by atoms with van der Waals surface area (Å²) in [5.41, 5.74) is 0. The quantitative estimate of drug-likeness (QED) is 0.0222. The highest BCUT2D eigenvalue weighted by molar-refractivity contribution is 7.47. The van der Waals surface area contributed by atoms with E-state index in [0.717, 1.165) is 109 Å². The van der Waals surface area contributed by atoms with Crippen LogP contribution in [-0.2, 0) is 65.4 Å². The molecule has 0 amide bonds. The molecular formula is C74H144O17P2. The highest BCUT2D eigenvalue weighted by atomic mass is 31.2. The molecule has 0 bridgehead atoms. The van der Waals surface area contributed by atoms with Crippen molar-refractivity contribution in [3.05, 3.63) is 0 Å². The van der Waals surface area contributed by atoms with Crippen LogP contribution in [0.2, 0.25) is 0 Å². The highest BCUT2D eigenvalue weighted by Crippen LogP contribution is 2.45. The lowest BCUT2D eigenvalue weighted by Gasteiger charge is -2.21. The Labute approximate surface area is 568 Å². The van der Waals surface area contributed by atoms with Gasteiger partial charge in [0.25, 0.3) is 0 Å². The van der Waals surface area contributed by atoms with Crippen LogP contribution in [0.25, 0.3) is 0 Å². The smallest absolute Gasteiger partial charge is 0.462 e. The molecule has 3 N–H and O–H groups in total. The molecule has 0 saturated heterocycles. The van der Waals surface area contributed by atoms with Crippen molar-refractivity contribution in [3.63, 3.8) is 0 Å². The summed E-state index contributed by atoms with van der Waals surface area (Å²) >= 11 is 0. The predicted molar refractivity (Wildman–Crippen MR) is 377 cm³/mol. The lowest BCUT2D eigenvalue weighted by Crippen LogP contribution is -2.30. The van der Waals surface area contributed by atoms with Gasteiger partial charge in [-0.25, -0.2) is 9.13 Å². The van der Waals surface area contributed by atoms with Crippen molar-refractivity contribution in [2.75, 3.05) is 39.6 Å².